The Morgan fingerprint density at radius 1 is 0.462 bits per heavy atom. The van der Waals surface area contributed by atoms with E-state index in [4.69, 9.17) is 28.5 Å². The predicted octanol–water partition coefficient (Wildman–Crippen LogP) is -0.490. The zero-order valence-electron chi connectivity index (χ0n) is 5.86. The zero-order chi connectivity index (χ0) is 12.0. The average Bonchev–Trinajstić information content (AvgIpc) is 2.33. The molecule has 0 heterocycles. The monoisotopic (exact) mass is 284 g/mol. The molecule has 0 aromatic rings. The van der Waals surface area contributed by atoms with Crippen molar-refractivity contribution in [3.8, 4) is 0 Å². The van der Waals surface area contributed by atoms with Gasteiger partial charge in [0.1, 0.15) is 0 Å². The van der Waals surface area contributed by atoms with Crippen LogP contribution in [0.3, 0.4) is 0 Å². The molecule has 0 spiro atoms. The van der Waals surface area contributed by atoms with Crippen molar-refractivity contribution in [2.24, 2.45) is 0 Å². The van der Waals surface area contributed by atoms with Gasteiger partial charge in [0.2, 0.25) is 0 Å². The molecule has 0 amide bonds. The molecule has 1 radical (unpaired) electrons. The summed E-state index contributed by atoms with van der Waals surface area (Å²) in [4.78, 5) is 0. The van der Waals surface area contributed by atoms with Crippen LogP contribution in [0.15, 0.2) is 0 Å². The minimum Gasteiger partial charge on any atom is 0 e. The van der Waals surface area contributed by atoms with Gasteiger partial charge in [-0.05, 0) is 0 Å². The third kappa shape index (κ3) is 4780. The fourth-order valence-electron chi connectivity index (χ4n) is 0. The largest absolute Gasteiger partial charge is 0 e. The second-order valence-corrected chi connectivity index (χ2v) is 0. The third-order valence-electron chi connectivity index (χ3n) is 0. The van der Waals surface area contributed by atoms with E-state index < -0.39 is 0 Å². The second-order valence-electron chi connectivity index (χ2n) is 0. The average molecular weight is 283 g/mol. The van der Waals surface area contributed by atoms with Gasteiger partial charge in [-0.15, -0.1) is 0 Å². The van der Waals surface area contributed by atoms with E-state index in [1.807, 2.05) is 15.4 Å². The molecular formula is C6CrO5Se-. The van der Waals surface area contributed by atoms with E-state index in [0.717, 1.165) is 0 Å². The van der Waals surface area contributed by atoms with Crippen molar-refractivity contribution in [3.05, 3.63) is 38.5 Å². The molecule has 13 heavy (non-hydrogen) atoms. The summed E-state index contributed by atoms with van der Waals surface area (Å²) >= 11 is 1.88. The van der Waals surface area contributed by atoms with Gasteiger partial charge in [-0.2, -0.15) is 0 Å². The van der Waals surface area contributed by atoms with Crippen LogP contribution in [-0.4, -0.2) is 15.4 Å². The Morgan fingerprint density at radius 3 is 0.462 bits per heavy atom. The topological polar surface area (TPSA) is 99.5 Å². The SMILES string of the molecule is [C-]#[O+].[C-]#[O+].[C-]#[O+].[C-]#[O+].[C-]#[O+].[C-]#[Se].[Cr]. The molecule has 0 unspecified atom stereocenters. The smallest absolute Gasteiger partial charge is 0 e. The molecule has 67 valence electrons. The molecule has 0 aliphatic carbocycles. The summed E-state index contributed by atoms with van der Waals surface area (Å²) in [6.07, 6.45) is 0. The van der Waals surface area contributed by atoms with E-state index in [1.165, 1.54) is 0 Å². The molecule has 0 aromatic carbocycles. The molecule has 0 aromatic heterocycles. The van der Waals surface area contributed by atoms with Crippen molar-refractivity contribution < 1.29 is 40.6 Å². The van der Waals surface area contributed by atoms with Crippen LogP contribution in [0.4, 0.5) is 0 Å². The number of hydrogen-bond acceptors (Lipinski definition) is 0. The van der Waals surface area contributed by atoms with Gasteiger partial charge in [-0.25, -0.2) is 0 Å². The maximum absolute atomic E-state index is 7.50. The van der Waals surface area contributed by atoms with Gasteiger partial charge >= 0.3 is 77.1 Å². The quantitative estimate of drug-likeness (QED) is 0.325. The minimum atomic E-state index is 0. The summed E-state index contributed by atoms with van der Waals surface area (Å²) in [6, 6.07) is 0. The van der Waals surface area contributed by atoms with Crippen LogP contribution in [-0.2, 0) is 40.6 Å². The molecule has 0 bridgehead atoms. The first kappa shape index (κ1) is 54.5. The van der Waals surface area contributed by atoms with Crippen LogP contribution >= 0.6 is 0 Å². The van der Waals surface area contributed by atoms with Gasteiger partial charge in [0, 0.05) is 17.4 Å². The molecule has 0 saturated carbocycles. The molecule has 5 nitrogen and oxygen atoms in total. The summed E-state index contributed by atoms with van der Waals surface area (Å²) in [5, 5.41) is 5.62. The zero-order valence-corrected chi connectivity index (χ0v) is 8.85. The van der Waals surface area contributed by atoms with Gasteiger partial charge in [-0.1, -0.05) is 0 Å². The summed E-state index contributed by atoms with van der Waals surface area (Å²) < 4.78 is 37.5. The van der Waals surface area contributed by atoms with E-state index in [-0.39, 0.29) is 17.4 Å². The van der Waals surface area contributed by atoms with E-state index >= 15 is 0 Å². The first-order valence-corrected chi connectivity index (χ1v) is 2.08. The summed E-state index contributed by atoms with van der Waals surface area (Å²) in [7, 11) is 0. The van der Waals surface area contributed by atoms with Crippen molar-refractivity contribution in [3.63, 3.8) is 0 Å². The van der Waals surface area contributed by atoms with Crippen LogP contribution in [0, 0.1) is 38.5 Å². The molecule has 0 rings (SSSR count). The van der Waals surface area contributed by atoms with Gasteiger partial charge in [0.15, 0.2) is 0 Å². The van der Waals surface area contributed by atoms with Crippen molar-refractivity contribution in [2.45, 2.75) is 0 Å². The maximum Gasteiger partial charge on any atom is 0 e. The van der Waals surface area contributed by atoms with Crippen LogP contribution in [0.2, 0.25) is 0 Å². The van der Waals surface area contributed by atoms with Crippen molar-refractivity contribution in [1.82, 2.24) is 0 Å². The van der Waals surface area contributed by atoms with Gasteiger partial charge in [0.25, 0.3) is 0 Å². The second kappa shape index (κ2) is 5840. The summed E-state index contributed by atoms with van der Waals surface area (Å²) in [5.74, 6) is 0. The Bertz CT molecular complexity index is 96.0. The first-order valence-electron chi connectivity index (χ1n) is 1.22. The van der Waals surface area contributed by atoms with E-state index in [2.05, 4.69) is 33.3 Å². The Kier molecular flexibility index (Phi) is 24500. The normalized spacial score (nSPS) is 0.923. The third-order valence-corrected chi connectivity index (χ3v) is 0. The maximum atomic E-state index is 7.50. The first-order chi connectivity index (χ1) is 6.00. The Hall–Kier alpha value is -0.468. The van der Waals surface area contributed by atoms with Gasteiger partial charge in [-0.3, -0.25) is 0 Å². The molecule has 0 aliphatic rings. The van der Waals surface area contributed by atoms with E-state index in [0.29, 0.717) is 0 Å². The molecule has 0 aliphatic heterocycles. The Labute approximate surface area is 94.6 Å². The Balaban J connectivity index is -0.00000000655. The van der Waals surface area contributed by atoms with Crippen LogP contribution in [0.1, 0.15) is 0 Å². The standard InChI is InChI=1S/5CO.CSe.Cr/c6*1-2;/q;;;;;-1;. The van der Waals surface area contributed by atoms with Crippen molar-refractivity contribution >= 4 is 15.4 Å². The van der Waals surface area contributed by atoms with E-state index in [9.17, 15) is 0 Å². The van der Waals surface area contributed by atoms with Gasteiger partial charge in [0.05, 0.1) is 0 Å². The number of rotatable bonds is 0. The fraction of sp³-hybridized carbons (Fsp3) is 0. The summed E-state index contributed by atoms with van der Waals surface area (Å²) in [5.41, 5.74) is 0. The molecule has 0 fully saturated rings. The predicted molar refractivity (Wildman–Crippen MR) is 28.6 cm³/mol. The molecular weight excluding hydrogens is 283 g/mol. The van der Waals surface area contributed by atoms with Crippen LogP contribution in [0.25, 0.3) is 0 Å². The van der Waals surface area contributed by atoms with Crippen LogP contribution in [0.5, 0.6) is 0 Å². The molecule has 7 heteroatoms. The molecule has 0 saturated heterocycles. The van der Waals surface area contributed by atoms with Crippen molar-refractivity contribution in [1.29, 1.82) is 0 Å². The van der Waals surface area contributed by atoms with Crippen LogP contribution < -0.4 is 0 Å². The van der Waals surface area contributed by atoms with E-state index in [1.54, 1.807) is 0 Å². The molecule has 0 N–H and O–H groups in total. The van der Waals surface area contributed by atoms with Crippen molar-refractivity contribution in [2.75, 3.05) is 0 Å². The Morgan fingerprint density at radius 2 is 0.462 bits per heavy atom. The fourth-order valence-corrected chi connectivity index (χ4v) is 0. The number of hydrogen-bond donors (Lipinski definition) is 0. The molecule has 0 atom stereocenters. The minimum absolute atomic E-state index is 0. The van der Waals surface area contributed by atoms with Gasteiger partial charge < -0.3 is 0 Å². The summed E-state index contributed by atoms with van der Waals surface area (Å²) in [6.45, 7) is 22.5.